The molecule has 0 spiro atoms. The zero-order chi connectivity index (χ0) is 15.4. The van der Waals surface area contributed by atoms with Crippen LogP contribution in [0.15, 0.2) is 18.2 Å². The maximum atomic E-state index is 11.1. The Morgan fingerprint density at radius 2 is 2.24 bits per heavy atom. The molecule has 21 heavy (non-hydrogen) atoms. The van der Waals surface area contributed by atoms with Gasteiger partial charge in [0, 0.05) is 30.0 Å². The molecule has 3 unspecified atom stereocenters. The predicted octanol–water partition coefficient (Wildman–Crippen LogP) is 3.31. The molecule has 1 saturated carbocycles. The number of benzene rings is 1. The third kappa shape index (κ3) is 3.65. The van der Waals surface area contributed by atoms with Crippen LogP contribution in [0.3, 0.4) is 0 Å². The van der Waals surface area contributed by atoms with Crippen molar-refractivity contribution >= 4 is 21.6 Å². The van der Waals surface area contributed by atoms with E-state index in [0.29, 0.717) is 12.4 Å². The number of methoxy groups -OCH3 is 1. The number of nitro benzene ring substituents is 1. The van der Waals surface area contributed by atoms with Crippen LogP contribution in [0.4, 0.5) is 5.69 Å². The molecular weight excluding hydrogens is 342 g/mol. The first-order chi connectivity index (χ1) is 10.1. The summed E-state index contributed by atoms with van der Waals surface area (Å²) in [6.07, 6.45) is 1.40. The quantitative estimate of drug-likeness (QED) is 0.424. The molecule has 1 aliphatic rings. The maximum Gasteiger partial charge on any atom is 0.311 e. The van der Waals surface area contributed by atoms with Crippen molar-refractivity contribution < 1.29 is 19.1 Å². The van der Waals surface area contributed by atoms with Crippen molar-refractivity contribution in [2.75, 3.05) is 13.7 Å². The van der Waals surface area contributed by atoms with Gasteiger partial charge in [0.2, 0.25) is 5.75 Å². The molecule has 1 fully saturated rings. The van der Waals surface area contributed by atoms with E-state index < -0.39 is 4.92 Å². The number of nitrogens with zero attached hydrogens (tertiary/aromatic N) is 1. The van der Waals surface area contributed by atoms with Crippen LogP contribution in [0.1, 0.15) is 19.8 Å². The Labute approximate surface area is 131 Å². The summed E-state index contributed by atoms with van der Waals surface area (Å²) in [5.74, 6) is 0.741. The Bertz CT molecular complexity index is 510. The summed E-state index contributed by atoms with van der Waals surface area (Å²) in [5.41, 5.74) is -0.0666. The minimum Gasteiger partial charge on any atom is -0.497 e. The molecule has 0 aromatic heterocycles. The van der Waals surface area contributed by atoms with Gasteiger partial charge in [0.05, 0.1) is 12.0 Å². The molecule has 0 heterocycles. The fourth-order valence-electron chi connectivity index (χ4n) is 2.14. The van der Waals surface area contributed by atoms with Gasteiger partial charge < -0.3 is 14.2 Å². The lowest BCUT2D eigenvalue weighted by atomic mass is 9.91. The normalized spacial score (nSPS) is 24.2. The van der Waals surface area contributed by atoms with E-state index in [4.69, 9.17) is 14.2 Å². The second-order valence-electron chi connectivity index (χ2n) is 4.83. The van der Waals surface area contributed by atoms with Crippen LogP contribution in [0, 0.1) is 10.1 Å². The van der Waals surface area contributed by atoms with Crippen molar-refractivity contribution in [3.63, 3.8) is 0 Å². The third-order valence-corrected chi connectivity index (χ3v) is 4.23. The van der Waals surface area contributed by atoms with Gasteiger partial charge in [-0.3, -0.25) is 10.1 Å². The number of ether oxygens (including phenoxy) is 3. The van der Waals surface area contributed by atoms with E-state index in [2.05, 4.69) is 15.9 Å². The highest BCUT2D eigenvalue weighted by Crippen LogP contribution is 2.38. The van der Waals surface area contributed by atoms with E-state index in [1.54, 1.807) is 6.07 Å². The zero-order valence-corrected chi connectivity index (χ0v) is 13.5. The van der Waals surface area contributed by atoms with Crippen LogP contribution in [0.5, 0.6) is 11.5 Å². The highest BCUT2D eigenvalue weighted by molar-refractivity contribution is 9.09. The summed E-state index contributed by atoms with van der Waals surface area (Å²) >= 11 is 3.52. The molecule has 0 N–H and O–H groups in total. The van der Waals surface area contributed by atoms with Crippen molar-refractivity contribution in [3.8, 4) is 11.5 Å². The number of hydrogen-bond acceptors (Lipinski definition) is 5. The van der Waals surface area contributed by atoms with Gasteiger partial charge in [-0.05, 0) is 12.5 Å². The van der Waals surface area contributed by atoms with Gasteiger partial charge >= 0.3 is 5.69 Å². The van der Waals surface area contributed by atoms with Crippen LogP contribution >= 0.6 is 15.9 Å². The Morgan fingerprint density at radius 1 is 1.48 bits per heavy atom. The minimum atomic E-state index is -0.457. The summed E-state index contributed by atoms with van der Waals surface area (Å²) in [6, 6.07) is 4.47. The Balaban J connectivity index is 2.12. The van der Waals surface area contributed by atoms with Gasteiger partial charge in [-0.2, -0.15) is 0 Å². The van der Waals surface area contributed by atoms with Gasteiger partial charge in [-0.25, -0.2) is 0 Å². The van der Waals surface area contributed by atoms with Crippen LogP contribution in [-0.4, -0.2) is 35.7 Å². The van der Waals surface area contributed by atoms with E-state index >= 15 is 0 Å². The Hall–Kier alpha value is -1.34. The summed E-state index contributed by atoms with van der Waals surface area (Å²) < 4.78 is 16.6. The van der Waals surface area contributed by atoms with E-state index in [1.165, 1.54) is 19.2 Å². The molecule has 1 aromatic carbocycles. The second kappa shape index (κ2) is 7.09. The third-order valence-electron chi connectivity index (χ3n) is 3.34. The maximum absolute atomic E-state index is 11.1. The van der Waals surface area contributed by atoms with Gasteiger partial charge in [0.25, 0.3) is 0 Å². The van der Waals surface area contributed by atoms with E-state index in [0.717, 1.165) is 12.8 Å². The predicted molar refractivity (Wildman–Crippen MR) is 81.4 cm³/mol. The Morgan fingerprint density at radius 3 is 2.81 bits per heavy atom. The zero-order valence-electron chi connectivity index (χ0n) is 12.0. The smallest absolute Gasteiger partial charge is 0.311 e. The van der Waals surface area contributed by atoms with Crippen molar-refractivity contribution in [2.24, 2.45) is 0 Å². The van der Waals surface area contributed by atoms with Crippen LogP contribution in [0.25, 0.3) is 0 Å². The van der Waals surface area contributed by atoms with Gasteiger partial charge in [0.15, 0.2) is 0 Å². The molecule has 1 aromatic rings. The first-order valence-corrected chi connectivity index (χ1v) is 7.73. The summed E-state index contributed by atoms with van der Waals surface area (Å²) in [5, 5.41) is 11.1. The van der Waals surface area contributed by atoms with E-state index in [9.17, 15) is 10.1 Å². The molecule has 0 bridgehead atoms. The van der Waals surface area contributed by atoms with Crippen molar-refractivity contribution in [3.05, 3.63) is 28.3 Å². The molecule has 0 radical (unpaired) electrons. The van der Waals surface area contributed by atoms with E-state index in [1.807, 2.05) is 6.92 Å². The summed E-state index contributed by atoms with van der Waals surface area (Å²) in [6.45, 7) is 2.68. The highest BCUT2D eigenvalue weighted by Gasteiger charge is 2.43. The number of alkyl halides is 1. The largest absolute Gasteiger partial charge is 0.497 e. The van der Waals surface area contributed by atoms with Gasteiger partial charge in [0.1, 0.15) is 18.0 Å². The number of rotatable bonds is 7. The van der Waals surface area contributed by atoms with Crippen molar-refractivity contribution in [1.29, 1.82) is 0 Å². The molecule has 0 saturated heterocycles. The van der Waals surface area contributed by atoms with E-state index in [-0.39, 0.29) is 28.5 Å². The first kappa shape index (κ1) is 16.0. The summed E-state index contributed by atoms with van der Waals surface area (Å²) in [4.78, 5) is 10.8. The highest BCUT2D eigenvalue weighted by atomic mass is 79.9. The lowest BCUT2D eigenvalue weighted by Crippen LogP contribution is -2.52. The fourth-order valence-corrected chi connectivity index (χ4v) is 3.00. The molecule has 0 aliphatic heterocycles. The monoisotopic (exact) mass is 359 g/mol. The minimum absolute atomic E-state index is 0.0666. The standard InChI is InChI=1S/C14H18BrNO5/c1-3-6-20-14-10(15)8-13(14)21-12-7-9(19-2)4-5-11(12)16(17)18/h4-5,7,10,13-14H,3,6,8H2,1-2H3. The Kier molecular flexibility index (Phi) is 5.41. The topological polar surface area (TPSA) is 70.8 Å². The second-order valence-corrected chi connectivity index (χ2v) is 6.01. The lowest BCUT2D eigenvalue weighted by molar-refractivity contribution is -0.386. The van der Waals surface area contributed by atoms with Crippen LogP contribution in [-0.2, 0) is 4.74 Å². The number of hydrogen-bond donors (Lipinski definition) is 0. The number of halogens is 1. The molecule has 116 valence electrons. The summed E-state index contributed by atoms with van der Waals surface area (Å²) in [7, 11) is 1.51. The van der Waals surface area contributed by atoms with Crippen LogP contribution < -0.4 is 9.47 Å². The van der Waals surface area contributed by atoms with Crippen LogP contribution in [0.2, 0.25) is 0 Å². The molecule has 1 aliphatic carbocycles. The van der Waals surface area contributed by atoms with Crippen molar-refractivity contribution in [1.82, 2.24) is 0 Å². The fraction of sp³-hybridized carbons (Fsp3) is 0.571. The average molecular weight is 360 g/mol. The molecular formula is C14H18BrNO5. The molecule has 0 amide bonds. The first-order valence-electron chi connectivity index (χ1n) is 6.81. The molecule has 2 rings (SSSR count). The SMILES string of the molecule is CCCOC1C(Br)CC1Oc1cc(OC)ccc1[N+](=O)[O-]. The molecule has 3 atom stereocenters. The molecule has 7 heteroatoms. The molecule has 6 nitrogen and oxygen atoms in total. The number of nitro groups is 1. The van der Waals surface area contributed by atoms with Gasteiger partial charge in [-0.15, -0.1) is 0 Å². The van der Waals surface area contributed by atoms with Gasteiger partial charge in [-0.1, -0.05) is 22.9 Å². The lowest BCUT2D eigenvalue weighted by Gasteiger charge is -2.40. The average Bonchev–Trinajstić information content (AvgIpc) is 2.46. The van der Waals surface area contributed by atoms with Crippen molar-refractivity contribution in [2.45, 2.75) is 36.8 Å².